The summed E-state index contributed by atoms with van der Waals surface area (Å²) in [7, 11) is 0.771. The fourth-order valence-corrected chi connectivity index (χ4v) is 5.03. The van der Waals surface area contributed by atoms with Gasteiger partial charge in [0.1, 0.15) is 6.54 Å². The summed E-state index contributed by atoms with van der Waals surface area (Å²) in [5.41, 5.74) is 0.919. The molecule has 0 spiro atoms. The molecule has 7 nitrogen and oxygen atoms in total. The van der Waals surface area contributed by atoms with Crippen molar-refractivity contribution >= 4 is 10.0 Å². The normalized spacial score (nSPS) is 15.8. The van der Waals surface area contributed by atoms with E-state index in [9.17, 15) is 17.2 Å². The topological polar surface area (TPSA) is 69.5 Å². The Morgan fingerprint density at radius 1 is 0.933 bits per heavy atom. The minimum atomic E-state index is -3.88. The third-order valence-corrected chi connectivity index (χ3v) is 7.08. The molecule has 10 heteroatoms. The first-order valence-corrected chi connectivity index (χ1v) is 10.8. The van der Waals surface area contributed by atoms with Crippen LogP contribution in [0.3, 0.4) is 0 Å². The summed E-state index contributed by atoms with van der Waals surface area (Å²) in [4.78, 5) is 0.920. The third kappa shape index (κ3) is 4.35. The van der Waals surface area contributed by atoms with Crippen LogP contribution in [0.15, 0.2) is 35.2 Å². The van der Waals surface area contributed by atoms with E-state index in [1.54, 1.807) is 27.4 Å². The van der Waals surface area contributed by atoms with Gasteiger partial charge in [0.2, 0.25) is 15.8 Å². The number of hydrogen-bond donors (Lipinski definition) is 1. The van der Waals surface area contributed by atoms with Crippen LogP contribution in [0, 0.1) is 11.6 Å². The van der Waals surface area contributed by atoms with E-state index >= 15 is 0 Å². The van der Waals surface area contributed by atoms with E-state index in [4.69, 9.17) is 14.2 Å². The first kappa shape index (κ1) is 22.3. The molecular weight excluding hydrogens is 418 g/mol. The molecule has 3 rings (SSSR count). The van der Waals surface area contributed by atoms with E-state index in [1.165, 1.54) is 4.31 Å². The Morgan fingerprint density at radius 3 is 2.17 bits per heavy atom. The van der Waals surface area contributed by atoms with E-state index in [-0.39, 0.29) is 18.0 Å². The highest BCUT2D eigenvalue weighted by Gasteiger charge is 2.31. The van der Waals surface area contributed by atoms with Gasteiger partial charge in [-0.15, -0.1) is 0 Å². The van der Waals surface area contributed by atoms with Crippen molar-refractivity contribution in [3.05, 3.63) is 47.5 Å². The number of benzene rings is 2. The van der Waals surface area contributed by atoms with Crippen molar-refractivity contribution in [2.45, 2.75) is 11.4 Å². The predicted octanol–water partition coefficient (Wildman–Crippen LogP) is 1.08. The van der Waals surface area contributed by atoms with E-state index < -0.39 is 21.7 Å². The Labute approximate surface area is 174 Å². The molecule has 2 aromatic rings. The number of rotatable bonds is 7. The maximum Gasteiger partial charge on any atom is 0.243 e. The van der Waals surface area contributed by atoms with Gasteiger partial charge in [-0.2, -0.15) is 4.31 Å². The molecule has 0 aliphatic carbocycles. The molecule has 1 saturated heterocycles. The number of nitrogens with one attached hydrogen (secondary N) is 1. The SMILES string of the molecule is COc1ccc(C[NH+]2CCN(S(=O)(=O)c3ccc(F)c(F)c3)CC2)c(OC)c1OC. The lowest BCUT2D eigenvalue weighted by Crippen LogP contribution is -3.13. The zero-order valence-corrected chi connectivity index (χ0v) is 17.9. The number of ether oxygens (including phenoxy) is 3. The number of quaternary nitrogens is 1. The van der Waals surface area contributed by atoms with Crippen LogP contribution < -0.4 is 19.1 Å². The predicted molar refractivity (Wildman–Crippen MR) is 106 cm³/mol. The summed E-state index contributed by atoms with van der Waals surface area (Å²) in [5.74, 6) is -0.596. The lowest BCUT2D eigenvalue weighted by atomic mass is 10.1. The van der Waals surface area contributed by atoms with E-state index in [0.717, 1.165) is 28.7 Å². The molecule has 1 aliphatic heterocycles. The number of piperazine rings is 1. The van der Waals surface area contributed by atoms with Gasteiger partial charge in [0.05, 0.1) is 58.0 Å². The van der Waals surface area contributed by atoms with Gasteiger partial charge >= 0.3 is 0 Å². The molecular formula is C20H25F2N2O5S+. The number of halogens is 2. The first-order valence-electron chi connectivity index (χ1n) is 9.38. The fraction of sp³-hybridized carbons (Fsp3) is 0.400. The van der Waals surface area contributed by atoms with Crippen LogP contribution in [0.5, 0.6) is 17.2 Å². The Kier molecular flexibility index (Phi) is 6.79. The molecule has 0 bridgehead atoms. The van der Waals surface area contributed by atoms with Crippen LogP contribution in [-0.2, 0) is 16.6 Å². The van der Waals surface area contributed by atoms with Crippen LogP contribution in [-0.4, -0.2) is 60.2 Å². The van der Waals surface area contributed by atoms with Crippen molar-refractivity contribution in [1.29, 1.82) is 0 Å². The number of hydrogen-bond acceptors (Lipinski definition) is 5. The second kappa shape index (κ2) is 9.15. The molecule has 0 unspecified atom stereocenters. The molecule has 1 aliphatic rings. The molecule has 1 N–H and O–H groups in total. The zero-order chi connectivity index (χ0) is 21.9. The Morgan fingerprint density at radius 2 is 1.60 bits per heavy atom. The van der Waals surface area contributed by atoms with E-state index in [0.29, 0.717) is 36.9 Å². The van der Waals surface area contributed by atoms with Gasteiger partial charge < -0.3 is 19.1 Å². The van der Waals surface area contributed by atoms with E-state index in [2.05, 4.69) is 0 Å². The number of nitrogens with zero attached hydrogens (tertiary/aromatic N) is 1. The summed E-state index contributed by atoms with van der Waals surface area (Å²) in [6.07, 6.45) is 0. The number of sulfonamides is 1. The summed E-state index contributed by atoms with van der Waals surface area (Å²) in [6.45, 7) is 2.27. The lowest BCUT2D eigenvalue weighted by molar-refractivity contribution is -0.917. The van der Waals surface area contributed by atoms with Crippen LogP contribution in [0.4, 0.5) is 8.78 Å². The molecule has 0 radical (unpaired) electrons. The third-order valence-electron chi connectivity index (χ3n) is 5.18. The molecule has 0 saturated carbocycles. The molecule has 0 amide bonds. The fourth-order valence-electron chi connectivity index (χ4n) is 3.58. The summed E-state index contributed by atoms with van der Waals surface area (Å²) >= 11 is 0. The van der Waals surface area contributed by atoms with Gasteiger partial charge in [0.25, 0.3) is 0 Å². The summed E-state index contributed by atoms with van der Waals surface area (Å²) < 4.78 is 69.6. The molecule has 1 heterocycles. The maximum absolute atomic E-state index is 13.5. The highest BCUT2D eigenvalue weighted by Crippen LogP contribution is 2.39. The van der Waals surface area contributed by atoms with E-state index in [1.807, 2.05) is 6.07 Å². The molecule has 0 aromatic heterocycles. The second-order valence-corrected chi connectivity index (χ2v) is 8.84. The van der Waals surface area contributed by atoms with Gasteiger partial charge in [-0.3, -0.25) is 0 Å². The first-order chi connectivity index (χ1) is 14.3. The summed E-state index contributed by atoms with van der Waals surface area (Å²) in [6, 6.07) is 6.34. The largest absolute Gasteiger partial charge is 0.493 e. The van der Waals surface area contributed by atoms with Gasteiger partial charge in [0.15, 0.2) is 23.1 Å². The molecule has 1 fully saturated rings. The monoisotopic (exact) mass is 443 g/mol. The van der Waals surface area contributed by atoms with Crippen LogP contribution in [0.25, 0.3) is 0 Å². The second-order valence-electron chi connectivity index (χ2n) is 6.90. The van der Waals surface area contributed by atoms with Crippen LogP contribution in [0.1, 0.15) is 5.56 Å². The highest BCUT2D eigenvalue weighted by molar-refractivity contribution is 7.89. The maximum atomic E-state index is 13.5. The molecule has 2 aromatic carbocycles. The van der Waals surface area contributed by atoms with Crippen molar-refractivity contribution < 1.29 is 36.3 Å². The van der Waals surface area contributed by atoms with Gasteiger partial charge in [-0.1, -0.05) is 0 Å². The van der Waals surface area contributed by atoms with Gasteiger partial charge in [-0.25, -0.2) is 17.2 Å². The van der Waals surface area contributed by atoms with Crippen LogP contribution >= 0.6 is 0 Å². The van der Waals surface area contributed by atoms with Gasteiger partial charge in [0, 0.05) is 0 Å². The molecule has 0 atom stereocenters. The van der Waals surface area contributed by atoms with Crippen molar-refractivity contribution in [2.24, 2.45) is 0 Å². The standard InChI is InChI=1S/C20H24F2N2O5S/c1-27-18-7-4-14(19(28-2)20(18)29-3)13-23-8-10-24(11-9-23)30(25,26)15-5-6-16(21)17(22)12-15/h4-7,12H,8-11,13H2,1-3H3/p+1. The smallest absolute Gasteiger partial charge is 0.243 e. The van der Waals surface area contributed by atoms with Crippen molar-refractivity contribution in [3.63, 3.8) is 0 Å². The Balaban J connectivity index is 1.71. The minimum Gasteiger partial charge on any atom is -0.493 e. The Hall–Kier alpha value is -2.43. The lowest BCUT2D eigenvalue weighted by Gasteiger charge is -2.32. The van der Waals surface area contributed by atoms with Crippen molar-refractivity contribution in [2.75, 3.05) is 47.5 Å². The molecule has 30 heavy (non-hydrogen) atoms. The molecule has 164 valence electrons. The average molecular weight is 443 g/mol. The van der Waals surface area contributed by atoms with Crippen molar-refractivity contribution in [3.8, 4) is 17.2 Å². The average Bonchev–Trinajstić information content (AvgIpc) is 2.75. The van der Waals surface area contributed by atoms with Crippen molar-refractivity contribution in [1.82, 2.24) is 4.31 Å². The van der Waals surface area contributed by atoms with Gasteiger partial charge in [-0.05, 0) is 30.3 Å². The zero-order valence-electron chi connectivity index (χ0n) is 17.1. The number of methoxy groups -OCH3 is 3. The summed E-state index contributed by atoms with van der Waals surface area (Å²) in [5, 5.41) is 0. The van der Waals surface area contributed by atoms with Crippen LogP contribution in [0.2, 0.25) is 0 Å². The highest BCUT2D eigenvalue weighted by atomic mass is 32.2. The minimum absolute atomic E-state index is 0.244. The quantitative estimate of drug-likeness (QED) is 0.694. The Bertz CT molecular complexity index is 1010.